The molecule has 0 fully saturated rings. The molecule has 1 N–H and O–H groups in total. The lowest BCUT2D eigenvalue weighted by atomic mass is 10.2. The van der Waals surface area contributed by atoms with E-state index in [9.17, 15) is 4.79 Å². The van der Waals surface area contributed by atoms with Gasteiger partial charge in [-0.05, 0) is 48.5 Å². The highest BCUT2D eigenvalue weighted by Gasteiger charge is 2.17. The first-order chi connectivity index (χ1) is 10.9. The van der Waals surface area contributed by atoms with Crippen molar-refractivity contribution in [1.82, 2.24) is 5.32 Å². The smallest absolute Gasteiger partial charge is 0.326 e. The van der Waals surface area contributed by atoms with Crippen molar-refractivity contribution in [2.24, 2.45) is 0 Å². The van der Waals surface area contributed by atoms with Crippen LogP contribution in [0.4, 0.5) is 27.5 Å². The molecule has 2 aromatic carbocycles. The van der Waals surface area contributed by atoms with Crippen LogP contribution in [0.1, 0.15) is 0 Å². The van der Waals surface area contributed by atoms with Crippen LogP contribution in [-0.2, 0) is 0 Å². The Morgan fingerprint density at radius 3 is 1.26 bits per heavy atom. The van der Waals surface area contributed by atoms with E-state index in [1.54, 1.807) is 11.9 Å². The number of rotatable bonds is 4. The number of amides is 2. The molecule has 0 saturated heterocycles. The van der Waals surface area contributed by atoms with Gasteiger partial charge in [-0.25, -0.2) is 4.79 Å². The summed E-state index contributed by atoms with van der Waals surface area (Å²) in [4.78, 5) is 18.1. The molecule has 0 spiro atoms. The second-order valence-corrected chi connectivity index (χ2v) is 5.71. The van der Waals surface area contributed by atoms with Crippen molar-refractivity contribution in [3.8, 4) is 0 Å². The minimum Gasteiger partial charge on any atom is -0.378 e. The van der Waals surface area contributed by atoms with Crippen LogP contribution in [0.15, 0.2) is 48.5 Å². The van der Waals surface area contributed by atoms with Crippen LogP contribution in [0.5, 0.6) is 0 Å². The highest BCUT2D eigenvalue weighted by atomic mass is 16.2. The summed E-state index contributed by atoms with van der Waals surface area (Å²) in [6.07, 6.45) is 0. The van der Waals surface area contributed by atoms with Crippen LogP contribution < -0.4 is 20.0 Å². The van der Waals surface area contributed by atoms with E-state index in [1.165, 1.54) is 0 Å². The van der Waals surface area contributed by atoms with E-state index in [2.05, 4.69) is 5.32 Å². The Morgan fingerprint density at radius 1 is 0.696 bits per heavy atom. The van der Waals surface area contributed by atoms with Crippen molar-refractivity contribution >= 4 is 28.8 Å². The predicted octanol–water partition coefficient (Wildman–Crippen LogP) is 3.30. The van der Waals surface area contributed by atoms with E-state index < -0.39 is 0 Å². The van der Waals surface area contributed by atoms with E-state index in [-0.39, 0.29) is 6.03 Å². The second-order valence-electron chi connectivity index (χ2n) is 5.71. The van der Waals surface area contributed by atoms with E-state index >= 15 is 0 Å². The molecule has 0 saturated carbocycles. The number of carbonyl (C=O) groups excluding carboxylic acids is 1. The fraction of sp³-hybridized carbons (Fsp3) is 0.278. The molecule has 0 heterocycles. The Hall–Kier alpha value is -2.69. The van der Waals surface area contributed by atoms with Crippen molar-refractivity contribution in [2.45, 2.75) is 0 Å². The molecule has 5 heteroatoms. The maximum absolute atomic E-state index is 12.3. The second kappa shape index (κ2) is 7.05. The number of hydrogen-bond donors (Lipinski definition) is 1. The molecule has 0 radical (unpaired) electrons. The van der Waals surface area contributed by atoms with Gasteiger partial charge in [0.05, 0.1) is 11.4 Å². The molecule has 2 aromatic rings. The van der Waals surface area contributed by atoms with Gasteiger partial charge in [0.2, 0.25) is 0 Å². The third-order valence-corrected chi connectivity index (χ3v) is 3.67. The third kappa shape index (κ3) is 3.74. The monoisotopic (exact) mass is 312 g/mol. The fourth-order valence-corrected chi connectivity index (χ4v) is 2.30. The zero-order chi connectivity index (χ0) is 17.0. The minimum absolute atomic E-state index is 0.166. The van der Waals surface area contributed by atoms with Gasteiger partial charge in [0.15, 0.2) is 0 Å². The fourth-order valence-electron chi connectivity index (χ4n) is 2.30. The molecule has 0 aliphatic carbocycles. The van der Waals surface area contributed by atoms with Gasteiger partial charge in [-0.3, -0.25) is 4.90 Å². The number of nitrogens with zero attached hydrogens (tertiary/aromatic N) is 3. The quantitative estimate of drug-likeness (QED) is 0.941. The van der Waals surface area contributed by atoms with Crippen LogP contribution in [0, 0.1) is 0 Å². The average molecular weight is 312 g/mol. The summed E-state index contributed by atoms with van der Waals surface area (Å²) >= 11 is 0. The standard InChI is InChI=1S/C18H24N4O/c1-19-18(23)22(16-10-6-14(7-11-16)20(2)3)17-12-8-15(9-13-17)21(4)5/h6-13H,1-5H3,(H,19,23). The molecule has 122 valence electrons. The molecule has 5 nitrogen and oxygen atoms in total. The van der Waals surface area contributed by atoms with E-state index in [0.29, 0.717) is 0 Å². The van der Waals surface area contributed by atoms with Gasteiger partial charge in [0.1, 0.15) is 0 Å². The molecule has 23 heavy (non-hydrogen) atoms. The summed E-state index contributed by atoms with van der Waals surface area (Å²) in [6.45, 7) is 0. The van der Waals surface area contributed by atoms with Crippen molar-refractivity contribution < 1.29 is 4.79 Å². The molecule has 0 unspecified atom stereocenters. The molecular weight excluding hydrogens is 288 g/mol. The van der Waals surface area contributed by atoms with Gasteiger partial charge in [0.25, 0.3) is 0 Å². The maximum Gasteiger partial charge on any atom is 0.326 e. The molecule has 0 aromatic heterocycles. The van der Waals surface area contributed by atoms with Crippen molar-refractivity contribution in [1.29, 1.82) is 0 Å². The summed E-state index contributed by atoms with van der Waals surface area (Å²) in [5.74, 6) is 0. The molecule has 0 atom stereocenters. The predicted molar refractivity (Wildman–Crippen MR) is 98.1 cm³/mol. The van der Waals surface area contributed by atoms with Gasteiger partial charge in [0, 0.05) is 46.6 Å². The average Bonchev–Trinajstić information content (AvgIpc) is 2.55. The van der Waals surface area contributed by atoms with Crippen molar-refractivity contribution in [3.05, 3.63) is 48.5 Å². The van der Waals surface area contributed by atoms with E-state index in [4.69, 9.17) is 0 Å². The summed E-state index contributed by atoms with van der Waals surface area (Å²) < 4.78 is 0. The van der Waals surface area contributed by atoms with Crippen LogP contribution in [0.2, 0.25) is 0 Å². The van der Waals surface area contributed by atoms with Crippen molar-refractivity contribution in [2.75, 3.05) is 49.9 Å². The third-order valence-electron chi connectivity index (χ3n) is 3.67. The zero-order valence-corrected chi connectivity index (χ0v) is 14.4. The Kier molecular flexibility index (Phi) is 5.11. The summed E-state index contributed by atoms with van der Waals surface area (Å²) in [5.41, 5.74) is 3.84. The largest absolute Gasteiger partial charge is 0.378 e. The van der Waals surface area contributed by atoms with Gasteiger partial charge in [-0.15, -0.1) is 0 Å². The SMILES string of the molecule is CNC(=O)N(c1ccc(N(C)C)cc1)c1ccc(N(C)C)cc1. The number of urea groups is 1. The van der Waals surface area contributed by atoms with Crippen LogP contribution in [0.3, 0.4) is 0 Å². The lowest BCUT2D eigenvalue weighted by Crippen LogP contribution is -2.34. The van der Waals surface area contributed by atoms with Crippen molar-refractivity contribution in [3.63, 3.8) is 0 Å². The maximum atomic E-state index is 12.3. The number of benzene rings is 2. The van der Waals surface area contributed by atoms with Crippen LogP contribution in [-0.4, -0.2) is 41.3 Å². The van der Waals surface area contributed by atoms with E-state index in [0.717, 1.165) is 22.7 Å². The molecule has 2 amide bonds. The Bertz CT molecular complexity index is 596. The normalized spacial score (nSPS) is 10.1. The lowest BCUT2D eigenvalue weighted by molar-refractivity contribution is 0.250. The Balaban J connectivity index is 2.38. The Morgan fingerprint density at radius 2 is 1.00 bits per heavy atom. The van der Waals surface area contributed by atoms with Crippen LogP contribution >= 0.6 is 0 Å². The topological polar surface area (TPSA) is 38.8 Å². The summed E-state index contributed by atoms with van der Waals surface area (Å²) in [6, 6.07) is 15.6. The highest BCUT2D eigenvalue weighted by molar-refractivity contribution is 5.99. The molecule has 0 bridgehead atoms. The number of hydrogen-bond acceptors (Lipinski definition) is 3. The van der Waals surface area contributed by atoms with Gasteiger partial charge in [-0.2, -0.15) is 0 Å². The first kappa shape index (κ1) is 16.7. The van der Waals surface area contributed by atoms with Gasteiger partial charge < -0.3 is 15.1 Å². The highest BCUT2D eigenvalue weighted by Crippen LogP contribution is 2.28. The van der Waals surface area contributed by atoms with Gasteiger partial charge >= 0.3 is 6.03 Å². The first-order valence-electron chi connectivity index (χ1n) is 7.50. The molecular formula is C18H24N4O. The summed E-state index contributed by atoms with van der Waals surface area (Å²) in [7, 11) is 9.60. The minimum atomic E-state index is -0.166. The summed E-state index contributed by atoms with van der Waals surface area (Å²) in [5, 5.41) is 2.70. The number of anilines is 4. The molecule has 0 aliphatic rings. The zero-order valence-electron chi connectivity index (χ0n) is 14.4. The molecule has 0 aliphatic heterocycles. The van der Waals surface area contributed by atoms with E-state index in [1.807, 2.05) is 86.5 Å². The number of carbonyl (C=O) groups is 1. The lowest BCUT2D eigenvalue weighted by Gasteiger charge is -2.24. The molecule has 2 rings (SSSR count). The Labute approximate surface area is 138 Å². The van der Waals surface area contributed by atoms with Crippen LogP contribution in [0.25, 0.3) is 0 Å². The number of nitrogens with one attached hydrogen (secondary N) is 1. The van der Waals surface area contributed by atoms with Gasteiger partial charge in [-0.1, -0.05) is 0 Å². The first-order valence-corrected chi connectivity index (χ1v) is 7.50.